The van der Waals surface area contributed by atoms with E-state index in [1.807, 2.05) is 36.6 Å². The van der Waals surface area contributed by atoms with Gasteiger partial charge in [-0.25, -0.2) is 0 Å². The molecule has 0 amide bonds. The molecular weight excluding hydrogens is 289 g/mol. The zero-order valence-corrected chi connectivity index (χ0v) is 10.8. The molecule has 0 aliphatic rings. The molecule has 0 aliphatic carbocycles. The summed E-state index contributed by atoms with van der Waals surface area (Å²) in [5.41, 5.74) is 1.11. The second-order valence-corrected chi connectivity index (χ2v) is 4.90. The first-order valence-corrected chi connectivity index (χ1v) is 6.71. The standard InChI is InChI=1S/C9H8NOS2.BF4/c1-12-9-11-10-8(13-9)7-5-3-2-4-6-7;2-1(3,4)5/h2-6H,1H3;/q+1;-1. The normalized spacial score (nSPS) is 10.7. The van der Waals surface area contributed by atoms with Gasteiger partial charge in [-0.05, 0) is 22.5 Å². The molecule has 2 nitrogen and oxygen atoms in total. The molecule has 0 N–H and O–H groups in total. The average Bonchev–Trinajstić information content (AvgIpc) is 2.76. The smallest absolute Gasteiger partial charge is 0.418 e. The van der Waals surface area contributed by atoms with Crippen LogP contribution < -0.4 is 0 Å². The molecular formula is C9H8BF4NOS2. The zero-order valence-electron chi connectivity index (χ0n) is 9.15. The van der Waals surface area contributed by atoms with E-state index in [1.54, 1.807) is 23.1 Å². The molecule has 2 aromatic rings. The highest BCUT2D eigenvalue weighted by Crippen LogP contribution is 2.29. The predicted molar refractivity (Wildman–Crippen MR) is 66.2 cm³/mol. The van der Waals surface area contributed by atoms with E-state index >= 15 is 0 Å². The molecule has 0 atom stereocenters. The Hall–Kier alpha value is -1.09. The van der Waals surface area contributed by atoms with Crippen LogP contribution in [-0.4, -0.2) is 18.7 Å². The fraction of sp³-hybridized carbons (Fsp3) is 0.111. The van der Waals surface area contributed by atoms with Crippen molar-refractivity contribution in [3.8, 4) is 10.6 Å². The van der Waals surface area contributed by atoms with E-state index in [1.165, 1.54) is 0 Å². The van der Waals surface area contributed by atoms with Gasteiger partial charge < -0.3 is 17.3 Å². The summed E-state index contributed by atoms with van der Waals surface area (Å²) in [7, 11) is -6.00. The van der Waals surface area contributed by atoms with Crippen LogP contribution in [0.15, 0.2) is 39.3 Å². The number of hydrogen-bond donors (Lipinski definition) is 0. The topological polar surface area (TPSA) is 24.2 Å². The van der Waals surface area contributed by atoms with Gasteiger partial charge in [0.15, 0.2) is 5.16 Å². The largest absolute Gasteiger partial charge is 0.673 e. The molecule has 18 heavy (non-hydrogen) atoms. The molecule has 0 aliphatic heterocycles. The summed E-state index contributed by atoms with van der Waals surface area (Å²) in [6.07, 6.45) is 1.98. The van der Waals surface area contributed by atoms with Crippen molar-refractivity contribution < 1.29 is 21.8 Å². The lowest BCUT2D eigenvalue weighted by Crippen LogP contribution is -2.02. The lowest BCUT2D eigenvalue weighted by Gasteiger charge is -1.94. The van der Waals surface area contributed by atoms with Crippen LogP contribution in [0.2, 0.25) is 0 Å². The van der Waals surface area contributed by atoms with Gasteiger partial charge in [-0.1, -0.05) is 30.3 Å². The van der Waals surface area contributed by atoms with Crippen molar-refractivity contribution in [1.82, 2.24) is 5.16 Å². The van der Waals surface area contributed by atoms with E-state index in [4.69, 9.17) is 4.52 Å². The van der Waals surface area contributed by atoms with Gasteiger partial charge in [-0.2, -0.15) is 0 Å². The fourth-order valence-electron chi connectivity index (χ4n) is 0.966. The summed E-state index contributed by atoms with van der Waals surface area (Å²) in [4.78, 5) is 0. The summed E-state index contributed by atoms with van der Waals surface area (Å²) >= 11 is 3.14. The Bertz CT molecular complexity index is 471. The summed E-state index contributed by atoms with van der Waals surface area (Å²) in [6, 6.07) is 10.0. The van der Waals surface area contributed by atoms with Crippen LogP contribution in [0.5, 0.6) is 0 Å². The lowest BCUT2D eigenvalue weighted by molar-refractivity contribution is 0.358. The summed E-state index contributed by atoms with van der Waals surface area (Å²) in [6.45, 7) is 0. The van der Waals surface area contributed by atoms with Gasteiger partial charge in [0, 0.05) is 16.9 Å². The van der Waals surface area contributed by atoms with Crippen LogP contribution >= 0.6 is 23.1 Å². The molecule has 2 rings (SSSR count). The van der Waals surface area contributed by atoms with Crippen LogP contribution in [0.4, 0.5) is 17.3 Å². The number of nitrogens with zero attached hydrogens (tertiary/aromatic N) is 1. The van der Waals surface area contributed by atoms with Crippen LogP contribution in [0.25, 0.3) is 10.6 Å². The van der Waals surface area contributed by atoms with Gasteiger partial charge in [-0.3, -0.25) is 0 Å². The monoisotopic (exact) mass is 297 g/mol. The van der Waals surface area contributed by atoms with Gasteiger partial charge in [0.05, 0.1) is 0 Å². The molecule has 0 spiro atoms. The Morgan fingerprint density at radius 3 is 2.17 bits per heavy atom. The molecule has 1 aromatic heterocycles. The van der Waals surface area contributed by atoms with Crippen molar-refractivity contribution in [2.75, 3.05) is 6.26 Å². The summed E-state index contributed by atoms with van der Waals surface area (Å²) in [5.74, 6) is 0. The second kappa shape index (κ2) is 6.74. The van der Waals surface area contributed by atoms with Crippen molar-refractivity contribution in [3.05, 3.63) is 30.3 Å². The predicted octanol–water partition coefficient (Wildman–Crippen LogP) is 4.71. The Morgan fingerprint density at radius 1 is 1.17 bits per heavy atom. The van der Waals surface area contributed by atoms with E-state index in [0.29, 0.717) is 0 Å². The third kappa shape index (κ3) is 6.01. The van der Waals surface area contributed by atoms with Crippen molar-refractivity contribution >= 4 is 30.4 Å². The molecule has 0 bridgehead atoms. The van der Waals surface area contributed by atoms with E-state index < -0.39 is 7.25 Å². The number of aromatic nitrogens is 1. The molecule has 0 unspecified atom stereocenters. The third-order valence-electron chi connectivity index (χ3n) is 1.57. The van der Waals surface area contributed by atoms with Gasteiger partial charge >= 0.3 is 11.7 Å². The molecule has 1 aromatic carbocycles. The lowest BCUT2D eigenvalue weighted by atomic mass is 10.2. The maximum absolute atomic E-state index is 9.75. The first kappa shape index (κ1) is 15.0. The van der Waals surface area contributed by atoms with E-state index in [9.17, 15) is 17.3 Å². The molecule has 1 heterocycles. The Balaban J connectivity index is 0.000000280. The fourth-order valence-corrected chi connectivity index (χ4v) is 2.21. The van der Waals surface area contributed by atoms with E-state index in [-0.39, 0.29) is 0 Å². The van der Waals surface area contributed by atoms with E-state index in [2.05, 4.69) is 5.16 Å². The van der Waals surface area contributed by atoms with Crippen LogP contribution in [0.3, 0.4) is 0 Å². The minimum Gasteiger partial charge on any atom is -0.418 e. The Morgan fingerprint density at radius 2 is 1.72 bits per heavy atom. The maximum atomic E-state index is 9.75. The van der Waals surface area contributed by atoms with Crippen molar-refractivity contribution in [3.63, 3.8) is 0 Å². The maximum Gasteiger partial charge on any atom is 0.673 e. The van der Waals surface area contributed by atoms with Crippen molar-refractivity contribution in [1.29, 1.82) is 0 Å². The summed E-state index contributed by atoms with van der Waals surface area (Å²) in [5, 5.41) is 4.92. The number of thioether (sulfide) groups is 1. The first-order valence-electron chi connectivity index (χ1n) is 4.66. The number of rotatable bonds is 2. The minimum atomic E-state index is -6.00. The average molecular weight is 297 g/mol. The van der Waals surface area contributed by atoms with Gasteiger partial charge in [0.1, 0.15) is 0 Å². The highest BCUT2D eigenvalue weighted by Gasteiger charge is 2.20. The van der Waals surface area contributed by atoms with Crippen LogP contribution in [-0.2, 0) is 0 Å². The highest BCUT2D eigenvalue weighted by molar-refractivity contribution is 8.00. The zero-order chi connectivity index (χ0) is 13.6. The van der Waals surface area contributed by atoms with Crippen LogP contribution in [0, 0.1) is 0 Å². The minimum absolute atomic E-state index is 0.888. The van der Waals surface area contributed by atoms with Gasteiger partial charge in [-0.15, -0.1) is 0 Å². The molecule has 0 saturated carbocycles. The van der Waals surface area contributed by atoms with Crippen molar-refractivity contribution in [2.24, 2.45) is 0 Å². The van der Waals surface area contributed by atoms with Crippen molar-refractivity contribution in [2.45, 2.75) is 4.41 Å². The number of halogens is 4. The third-order valence-corrected chi connectivity index (χ3v) is 3.47. The Labute approximate surface area is 109 Å². The molecule has 98 valence electrons. The second-order valence-electron chi connectivity index (χ2n) is 2.90. The Kier molecular flexibility index (Phi) is 5.61. The van der Waals surface area contributed by atoms with Crippen LogP contribution in [0.1, 0.15) is 0 Å². The number of hydrogen-bond acceptors (Lipinski definition) is 3. The SMILES string of the molecule is CSc1[o+]nc(-c2ccccc2)s1.F[B-](F)(F)F. The quantitative estimate of drug-likeness (QED) is 0.347. The summed E-state index contributed by atoms with van der Waals surface area (Å²) < 4.78 is 45.0. The molecule has 0 radical (unpaired) electrons. The molecule has 0 fully saturated rings. The molecule has 9 heteroatoms. The van der Waals surface area contributed by atoms with Gasteiger partial charge in [0.2, 0.25) is 5.01 Å². The van der Waals surface area contributed by atoms with Gasteiger partial charge in [0.25, 0.3) is 0 Å². The van der Waals surface area contributed by atoms with E-state index in [0.717, 1.165) is 15.0 Å². The first-order chi connectivity index (χ1) is 8.40. The highest BCUT2D eigenvalue weighted by atomic mass is 32.2. The molecule has 0 saturated heterocycles. The number of benzene rings is 1.